The molecule has 0 aliphatic carbocycles. The van der Waals surface area contributed by atoms with Crippen LogP contribution in [0.2, 0.25) is 0 Å². The van der Waals surface area contributed by atoms with Gasteiger partial charge in [0.1, 0.15) is 12.1 Å². The van der Waals surface area contributed by atoms with Crippen molar-refractivity contribution in [3.63, 3.8) is 0 Å². The van der Waals surface area contributed by atoms with Crippen molar-refractivity contribution in [3.05, 3.63) is 73.3 Å². The molecular weight excluding hydrogens is 471 g/mol. The lowest BCUT2D eigenvalue weighted by molar-refractivity contribution is -0.111. The topological polar surface area (TPSA) is 91.2 Å². The molecule has 0 radical (unpaired) electrons. The van der Waals surface area contributed by atoms with Crippen LogP contribution >= 0.6 is 0 Å². The van der Waals surface area contributed by atoms with Gasteiger partial charge in [-0.1, -0.05) is 12.6 Å². The highest BCUT2D eigenvalue weighted by Gasteiger charge is 2.24. The normalized spacial score (nSPS) is 14.5. The van der Waals surface area contributed by atoms with E-state index in [0.717, 1.165) is 31.6 Å². The van der Waals surface area contributed by atoms with E-state index in [1.54, 1.807) is 29.1 Å². The number of hydrogen-bond donors (Lipinski definition) is 2. The van der Waals surface area contributed by atoms with E-state index in [0.29, 0.717) is 40.3 Å². The molecule has 1 amide bonds. The van der Waals surface area contributed by atoms with E-state index >= 15 is 0 Å². The highest BCUT2D eigenvalue weighted by atomic mass is 19.1. The molecule has 9 nitrogen and oxygen atoms in total. The number of aromatic nitrogens is 4. The van der Waals surface area contributed by atoms with Crippen LogP contribution in [-0.4, -0.2) is 63.6 Å². The number of carbonyl (C=O) groups excluding carboxylic acids is 1. The number of piperidine rings is 1. The summed E-state index contributed by atoms with van der Waals surface area (Å²) in [5.41, 5.74) is 3.19. The number of fused-ring (bicyclic) bond motifs is 1. The molecule has 190 valence electrons. The second-order valence-corrected chi connectivity index (χ2v) is 9.18. The maximum Gasteiger partial charge on any atom is 0.247 e. The molecule has 3 heterocycles. The van der Waals surface area contributed by atoms with Crippen molar-refractivity contribution in [2.24, 2.45) is 0 Å². The van der Waals surface area contributed by atoms with Crippen LogP contribution in [0.3, 0.4) is 0 Å². The van der Waals surface area contributed by atoms with Crippen LogP contribution < -0.4 is 15.5 Å². The first-order valence-corrected chi connectivity index (χ1v) is 12.1. The van der Waals surface area contributed by atoms with Crippen LogP contribution in [-0.2, 0) is 4.79 Å². The number of nitrogens with zero attached hydrogens (tertiary/aromatic N) is 6. The van der Waals surface area contributed by atoms with E-state index in [4.69, 9.17) is 9.97 Å². The SMILES string of the molecule is C=CC(=O)Nc1ccc(Nc2nc(N(C)C3CCN(C)CC3)nc3c2ncn3-c2cccc(F)c2)cc1. The quantitative estimate of drug-likeness (QED) is 0.365. The zero-order valence-electron chi connectivity index (χ0n) is 20.9. The van der Waals surface area contributed by atoms with Gasteiger partial charge in [-0.25, -0.2) is 9.37 Å². The Morgan fingerprint density at radius 3 is 2.57 bits per heavy atom. The number of hydrogen-bond acceptors (Lipinski definition) is 7. The fourth-order valence-corrected chi connectivity index (χ4v) is 4.46. The Balaban J connectivity index is 1.53. The number of rotatable bonds is 7. The number of likely N-dealkylation sites (tertiary alicyclic amines) is 1. The lowest BCUT2D eigenvalue weighted by Crippen LogP contribution is -2.42. The van der Waals surface area contributed by atoms with Crippen molar-refractivity contribution in [1.82, 2.24) is 24.4 Å². The minimum atomic E-state index is -0.334. The zero-order chi connectivity index (χ0) is 25.9. The third-order valence-corrected chi connectivity index (χ3v) is 6.62. The van der Waals surface area contributed by atoms with E-state index in [2.05, 4.69) is 39.0 Å². The molecule has 4 aromatic rings. The lowest BCUT2D eigenvalue weighted by atomic mass is 10.0. The van der Waals surface area contributed by atoms with Crippen LogP contribution in [0, 0.1) is 5.82 Å². The average Bonchev–Trinajstić information content (AvgIpc) is 3.34. The predicted octanol–water partition coefficient (Wildman–Crippen LogP) is 4.35. The third-order valence-electron chi connectivity index (χ3n) is 6.62. The van der Waals surface area contributed by atoms with Crippen LogP contribution in [0.1, 0.15) is 12.8 Å². The molecule has 10 heteroatoms. The summed E-state index contributed by atoms with van der Waals surface area (Å²) in [6, 6.07) is 13.9. The molecule has 5 rings (SSSR count). The number of anilines is 4. The number of nitrogens with one attached hydrogen (secondary N) is 2. The van der Waals surface area contributed by atoms with Gasteiger partial charge in [-0.3, -0.25) is 9.36 Å². The minimum absolute atomic E-state index is 0.275. The summed E-state index contributed by atoms with van der Waals surface area (Å²) >= 11 is 0. The molecule has 37 heavy (non-hydrogen) atoms. The number of imidazole rings is 1. The molecule has 1 aliphatic rings. The Labute approximate surface area is 214 Å². The molecule has 2 aromatic heterocycles. The first-order valence-electron chi connectivity index (χ1n) is 12.1. The Morgan fingerprint density at radius 2 is 1.86 bits per heavy atom. The summed E-state index contributed by atoms with van der Waals surface area (Å²) in [5, 5.41) is 6.09. The van der Waals surface area contributed by atoms with Gasteiger partial charge < -0.3 is 20.4 Å². The first-order chi connectivity index (χ1) is 17.9. The summed E-state index contributed by atoms with van der Waals surface area (Å²) in [7, 11) is 4.15. The Hall–Kier alpha value is -4.31. The number of amides is 1. The van der Waals surface area contributed by atoms with Crippen molar-refractivity contribution in [2.75, 3.05) is 42.7 Å². The van der Waals surface area contributed by atoms with Gasteiger partial charge in [0.05, 0.1) is 5.69 Å². The van der Waals surface area contributed by atoms with Gasteiger partial charge in [0, 0.05) is 24.5 Å². The van der Waals surface area contributed by atoms with Crippen LogP contribution in [0.5, 0.6) is 0 Å². The molecule has 0 atom stereocenters. The van der Waals surface area contributed by atoms with E-state index in [-0.39, 0.29) is 11.7 Å². The molecule has 1 aliphatic heterocycles. The van der Waals surface area contributed by atoms with Crippen molar-refractivity contribution in [3.8, 4) is 5.69 Å². The minimum Gasteiger partial charge on any atom is -0.341 e. The maximum absolute atomic E-state index is 14.0. The van der Waals surface area contributed by atoms with Gasteiger partial charge in [0.25, 0.3) is 0 Å². The fourth-order valence-electron chi connectivity index (χ4n) is 4.46. The molecular formula is C27H29FN8O. The Morgan fingerprint density at radius 1 is 1.14 bits per heavy atom. The highest BCUT2D eigenvalue weighted by Crippen LogP contribution is 2.29. The summed E-state index contributed by atoms with van der Waals surface area (Å²) in [5.74, 6) is 0.497. The molecule has 1 fully saturated rings. The van der Waals surface area contributed by atoms with Crippen LogP contribution in [0.25, 0.3) is 16.9 Å². The van der Waals surface area contributed by atoms with Gasteiger partial charge in [0.15, 0.2) is 17.0 Å². The van der Waals surface area contributed by atoms with Crippen molar-refractivity contribution in [1.29, 1.82) is 0 Å². The van der Waals surface area contributed by atoms with Crippen LogP contribution in [0.4, 0.5) is 27.5 Å². The van der Waals surface area contributed by atoms with Gasteiger partial charge in [-0.2, -0.15) is 9.97 Å². The van der Waals surface area contributed by atoms with E-state index < -0.39 is 0 Å². The van der Waals surface area contributed by atoms with Crippen molar-refractivity contribution < 1.29 is 9.18 Å². The molecule has 1 saturated heterocycles. The summed E-state index contributed by atoms with van der Waals surface area (Å²) in [4.78, 5) is 30.3. The monoisotopic (exact) mass is 500 g/mol. The average molecular weight is 501 g/mol. The van der Waals surface area contributed by atoms with Gasteiger partial charge in [-0.05, 0) is 81.5 Å². The van der Waals surface area contributed by atoms with Gasteiger partial charge in [0.2, 0.25) is 11.9 Å². The lowest BCUT2D eigenvalue weighted by Gasteiger charge is -2.35. The van der Waals surface area contributed by atoms with E-state index in [1.807, 2.05) is 25.2 Å². The van der Waals surface area contributed by atoms with E-state index in [9.17, 15) is 9.18 Å². The molecule has 2 N–H and O–H groups in total. The molecule has 0 unspecified atom stereocenters. The predicted molar refractivity (Wildman–Crippen MR) is 144 cm³/mol. The van der Waals surface area contributed by atoms with Gasteiger partial charge in [-0.15, -0.1) is 0 Å². The summed E-state index contributed by atoms with van der Waals surface area (Å²) in [6.45, 7) is 5.50. The standard InChI is InChI=1S/C27H29FN8O/c1-4-23(37)30-19-8-10-20(11-9-19)31-25-24-26(36(17-29-24)22-7-5-6-18(28)16-22)33-27(32-25)35(3)21-12-14-34(2)15-13-21/h4-11,16-17,21H,1,12-15H2,2-3H3,(H,30,37)(H,31,32,33). The smallest absolute Gasteiger partial charge is 0.247 e. The third kappa shape index (κ3) is 5.29. The first kappa shape index (κ1) is 24.4. The maximum atomic E-state index is 14.0. The summed E-state index contributed by atoms with van der Waals surface area (Å²) < 4.78 is 15.8. The number of benzene rings is 2. The molecule has 0 spiro atoms. The van der Waals surface area contributed by atoms with Crippen molar-refractivity contribution in [2.45, 2.75) is 18.9 Å². The highest BCUT2D eigenvalue weighted by molar-refractivity contribution is 5.99. The largest absolute Gasteiger partial charge is 0.341 e. The van der Waals surface area contributed by atoms with Gasteiger partial charge >= 0.3 is 0 Å². The number of carbonyl (C=O) groups is 1. The molecule has 2 aromatic carbocycles. The molecule has 0 bridgehead atoms. The fraction of sp³-hybridized carbons (Fsp3) is 0.259. The number of halogens is 1. The molecule has 0 saturated carbocycles. The second kappa shape index (κ2) is 10.4. The Bertz CT molecular complexity index is 1430. The van der Waals surface area contributed by atoms with Crippen LogP contribution in [0.15, 0.2) is 67.5 Å². The van der Waals surface area contributed by atoms with E-state index in [1.165, 1.54) is 18.2 Å². The van der Waals surface area contributed by atoms with Crippen molar-refractivity contribution >= 4 is 40.2 Å². The summed E-state index contributed by atoms with van der Waals surface area (Å²) in [6.07, 6.45) is 4.88. The zero-order valence-corrected chi connectivity index (χ0v) is 20.9. The Kier molecular flexibility index (Phi) is 6.82. The second-order valence-electron chi connectivity index (χ2n) is 9.18.